The summed E-state index contributed by atoms with van der Waals surface area (Å²) in [5.74, 6) is 0.731. The van der Waals surface area contributed by atoms with Crippen LogP contribution >= 0.6 is 11.3 Å². The summed E-state index contributed by atoms with van der Waals surface area (Å²) in [5, 5.41) is 4.56. The van der Waals surface area contributed by atoms with Gasteiger partial charge >= 0.3 is 0 Å². The van der Waals surface area contributed by atoms with Gasteiger partial charge < -0.3 is 9.47 Å². The highest BCUT2D eigenvalue weighted by Crippen LogP contribution is 2.28. The molecule has 9 heteroatoms. The summed E-state index contributed by atoms with van der Waals surface area (Å²) in [7, 11) is 1.57. The molecule has 180 valence electrons. The fraction of sp³-hybridized carbons (Fsp3) is 0.231. The molecule has 8 nitrogen and oxygen atoms in total. The number of fused-ring (bicyclic) bond motifs is 1. The van der Waals surface area contributed by atoms with E-state index in [9.17, 15) is 9.59 Å². The number of hydrogen-bond donors (Lipinski definition) is 1. The lowest BCUT2D eigenvalue weighted by Crippen LogP contribution is -2.30. The number of carbonyl (C=O) groups excluding carboxylic acids is 1. The largest absolute Gasteiger partial charge is 0.493 e. The molecule has 2 aromatic heterocycles. The molecule has 35 heavy (non-hydrogen) atoms. The lowest BCUT2D eigenvalue weighted by molar-refractivity contribution is -0.121. The molecule has 0 aliphatic carbocycles. The van der Waals surface area contributed by atoms with E-state index < -0.39 is 5.91 Å². The van der Waals surface area contributed by atoms with Crippen molar-refractivity contribution in [1.82, 2.24) is 15.0 Å². The number of carbonyl (C=O) groups is 1. The van der Waals surface area contributed by atoms with Crippen LogP contribution in [0.5, 0.6) is 11.5 Å². The molecule has 1 N–H and O–H groups in total. The number of aryl methyl sites for hydroxylation is 3. The second-order valence-electron chi connectivity index (χ2n) is 8.12. The van der Waals surface area contributed by atoms with E-state index in [4.69, 9.17) is 9.47 Å². The Morgan fingerprint density at radius 1 is 1.14 bits per heavy atom. The van der Waals surface area contributed by atoms with Crippen LogP contribution in [0, 0.1) is 20.8 Å². The topological polar surface area (TPSA) is 94.8 Å². The van der Waals surface area contributed by atoms with Gasteiger partial charge in [-0.15, -0.1) is 11.3 Å². The van der Waals surface area contributed by atoms with Gasteiger partial charge in [-0.25, -0.2) is 10.4 Å². The zero-order valence-electron chi connectivity index (χ0n) is 20.0. The SMILES string of the molecule is COc1cc(C=NNC(=O)Cn2cnc3sc(C)c(C)c3c2=O)ccc1OCc1ccc(C)cc1. The fourth-order valence-corrected chi connectivity index (χ4v) is 4.47. The predicted molar refractivity (Wildman–Crippen MR) is 138 cm³/mol. The molecule has 2 aromatic carbocycles. The monoisotopic (exact) mass is 490 g/mol. The highest BCUT2D eigenvalue weighted by Gasteiger charge is 2.13. The molecular formula is C26H26N4O4S. The van der Waals surface area contributed by atoms with Crippen LogP contribution in [0.15, 0.2) is 58.7 Å². The van der Waals surface area contributed by atoms with Gasteiger partial charge in [-0.05, 0) is 55.7 Å². The number of benzene rings is 2. The molecule has 4 aromatic rings. The van der Waals surface area contributed by atoms with Crippen LogP contribution in [0.2, 0.25) is 0 Å². The molecule has 0 unspecified atom stereocenters. The Labute approximate surface area is 206 Å². The number of hydrazone groups is 1. The standard InChI is InChI=1S/C26H26N4O4S/c1-16-5-7-19(8-6-16)14-34-21-10-9-20(11-22(21)33-4)12-28-29-23(31)13-30-15-27-25-24(26(30)32)17(2)18(3)35-25/h5-12,15H,13-14H2,1-4H3,(H,29,31). The van der Waals surface area contributed by atoms with Crippen molar-refractivity contribution >= 4 is 33.7 Å². The average Bonchev–Trinajstić information content (AvgIpc) is 3.14. The number of nitrogens with zero attached hydrogens (tertiary/aromatic N) is 3. The molecule has 0 atom stereocenters. The minimum Gasteiger partial charge on any atom is -0.493 e. The lowest BCUT2D eigenvalue weighted by atomic mass is 10.2. The van der Waals surface area contributed by atoms with Gasteiger partial charge in [0.15, 0.2) is 11.5 Å². The first-order valence-electron chi connectivity index (χ1n) is 11.0. The van der Waals surface area contributed by atoms with Crippen molar-refractivity contribution in [3.8, 4) is 11.5 Å². The minimum absolute atomic E-state index is 0.178. The van der Waals surface area contributed by atoms with E-state index >= 15 is 0 Å². The van der Waals surface area contributed by atoms with Crippen LogP contribution in [0.4, 0.5) is 0 Å². The molecular weight excluding hydrogens is 464 g/mol. The van der Waals surface area contributed by atoms with E-state index in [0.29, 0.717) is 28.3 Å². The van der Waals surface area contributed by atoms with Crippen molar-refractivity contribution in [2.45, 2.75) is 33.9 Å². The van der Waals surface area contributed by atoms with Gasteiger partial charge in [0.2, 0.25) is 0 Å². The number of aromatic nitrogens is 2. The molecule has 1 amide bonds. The smallest absolute Gasteiger partial charge is 0.262 e. The van der Waals surface area contributed by atoms with Gasteiger partial charge in [0.1, 0.15) is 18.0 Å². The maximum atomic E-state index is 12.7. The number of ether oxygens (including phenoxy) is 2. The first-order valence-corrected chi connectivity index (χ1v) is 11.8. The molecule has 0 aliphatic heterocycles. The Kier molecular flexibility index (Phi) is 7.26. The molecule has 0 fully saturated rings. The number of hydrogen-bond acceptors (Lipinski definition) is 7. The van der Waals surface area contributed by atoms with Crippen LogP contribution in [0.25, 0.3) is 10.2 Å². The summed E-state index contributed by atoms with van der Waals surface area (Å²) in [5.41, 5.74) is 6.09. The number of thiophene rings is 1. The molecule has 0 saturated carbocycles. The molecule has 0 saturated heterocycles. The second kappa shape index (κ2) is 10.5. The van der Waals surface area contributed by atoms with Crippen LogP contribution in [-0.4, -0.2) is 28.8 Å². The van der Waals surface area contributed by atoms with Crippen LogP contribution in [0.1, 0.15) is 27.1 Å². The Bertz CT molecular complexity index is 1450. The second-order valence-corrected chi connectivity index (χ2v) is 9.32. The summed E-state index contributed by atoms with van der Waals surface area (Å²) in [6.45, 7) is 6.12. The predicted octanol–water partition coefficient (Wildman–Crippen LogP) is 4.12. The first-order chi connectivity index (χ1) is 16.9. The van der Waals surface area contributed by atoms with Crippen molar-refractivity contribution in [3.63, 3.8) is 0 Å². The Hall–Kier alpha value is -3.98. The maximum Gasteiger partial charge on any atom is 0.262 e. The summed E-state index contributed by atoms with van der Waals surface area (Å²) in [6, 6.07) is 13.5. The van der Waals surface area contributed by atoms with E-state index in [0.717, 1.165) is 21.6 Å². The van der Waals surface area contributed by atoms with E-state index in [1.165, 1.54) is 34.0 Å². The fourth-order valence-electron chi connectivity index (χ4n) is 3.48. The number of methoxy groups -OCH3 is 1. The highest BCUT2D eigenvalue weighted by atomic mass is 32.1. The number of nitrogens with one attached hydrogen (secondary N) is 1. The molecule has 0 bridgehead atoms. The van der Waals surface area contributed by atoms with Gasteiger partial charge in [0.25, 0.3) is 11.5 Å². The van der Waals surface area contributed by atoms with Gasteiger partial charge in [0, 0.05) is 4.88 Å². The minimum atomic E-state index is -0.431. The third kappa shape index (κ3) is 5.58. The normalized spacial score (nSPS) is 11.2. The zero-order valence-corrected chi connectivity index (χ0v) is 20.8. The van der Waals surface area contributed by atoms with Gasteiger partial charge in [0.05, 0.1) is 25.0 Å². The van der Waals surface area contributed by atoms with Crippen LogP contribution in [0.3, 0.4) is 0 Å². The summed E-state index contributed by atoms with van der Waals surface area (Å²) in [4.78, 5) is 31.1. The number of rotatable bonds is 8. The van der Waals surface area contributed by atoms with Crippen LogP contribution < -0.4 is 20.5 Å². The highest BCUT2D eigenvalue weighted by molar-refractivity contribution is 7.18. The quantitative estimate of drug-likeness (QED) is 0.296. The zero-order chi connectivity index (χ0) is 24.9. The Morgan fingerprint density at radius 3 is 2.66 bits per heavy atom. The van der Waals surface area contributed by atoms with E-state index in [2.05, 4.69) is 15.5 Å². The number of amides is 1. The van der Waals surface area contributed by atoms with Gasteiger partial charge in [-0.2, -0.15) is 5.10 Å². The first kappa shape index (κ1) is 24.2. The van der Waals surface area contributed by atoms with Crippen molar-refractivity contribution in [1.29, 1.82) is 0 Å². The van der Waals surface area contributed by atoms with E-state index in [1.807, 2.05) is 51.1 Å². The molecule has 4 rings (SSSR count). The van der Waals surface area contributed by atoms with Gasteiger partial charge in [-0.1, -0.05) is 29.8 Å². The third-order valence-corrected chi connectivity index (χ3v) is 6.69. The molecule has 2 heterocycles. The van der Waals surface area contributed by atoms with Crippen molar-refractivity contribution in [3.05, 3.63) is 86.3 Å². The van der Waals surface area contributed by atoms with Crippen molar-refractivity contribution in [2.75, 3.05) is 7.11 Å². The Balaban J connectivity index is 1.38. The average molecular weight is 491 g/mol. The lowest BCUT2D eigenvalue weighted by Gasteiger charge is -2.11. The molecule has 0 aliphatic rings. The van der Waals surface area contributed by atoms with Crippen molar-refractivity contribution in [2.24, 2.45) is 5.10 Å². The maximum absolute atomic E-state index is 12.7. The Morgan fingerprint density at radius 2 is 1.91 bits per heavy atom. The van der Waals surface area contributed by atoms with E-state index in [1.54, 1.807) is 19.2 Å². The summed E-state index contributed by atoms with van der Waals surface area (Å²) in [6.07, 6.45) is 2.89. The van der Waals surface area contributed by atoms with Crippen LogP contribution in [-0.2, 0) is 17.9 Å². The van der Waals surface area contributed by atoms with Gasteiger partial charge in [-0.3, -0.25) is 14.2 Å². The van der Waals surface area contributed by atoms with E-state index in [-0.39, 0.29) is 12.1 Å². The van der Waals surface area contributed by atoms with Crippen molar-refractivity contribution < 1.29 is 14.3 Å². The molecule has 0 spiro atoms. The third-order valence-electron chi connectivity index (χ3n) is 5.58. The molecule has 0 radical (unpaired) electrons. The summed E-state index contributed by atoms with van der Waals surface area (Å²) < 4.78 is 12.6. The summed E-state index contributed by atoms with van der Waals surface area (Å²) >= 11 is 1.47.